The molecule has 1 unspecified atom stereocenters. The predicted molar refractivity (Wildman–Crippen MR) is 86.8 cm³/mol. The quantitative estimate of drug-likeness (QED) is 0.775. The summed E-state index contributed by atoms with van der Waals surface area (Å²) in [5.41, 5.74) is 0.951. The molecule has 0 aliphatic carbocycles. The third-order valence-corrected chi connectivity index (χ3v) is 3.41. The topological polar surface area (TPSA) is 50.4 Å². The fourth-order valence-corrected chi connectivity index (χ4v) is 1.97. The van der Waals surface area contributed by atoms with Crippen molar-refractivity contribution in [1.82, 2.24) is 10.6 Å². The van der Waals surface area contributed by atoms with E-state index in [1.807, 2.05) is 26.0 Å². The van der Waals surface area contributed by atoms with Gasteiger partial charge in [-0.15, -0.1) is 0 Å². The molecule has 118 valence electrons. The van der Waals surface area contributed by atoms with Gasteiger partial charge in [-0.05, 0) is 19.4 Å². The Hall–Kier alpha value is -1.26. The Bertz CT molecular complexity index is 464. The molecule has 0 aliphatic heterocycles. The minimum Gasteiger partial charge on any atom is -0.482 e. The van der Waals surface area contributed by atoms with E-state index in [-0.39, 0.29) is 18.6 Å². The predicted octanol–water partition coefficient (Wildman–Crippen LogP) is 3.13. The van der Waals surface area contributed by atoms with E-state index in [9.17, 15) is 4.79 Å². The van der Waals surface area contributed by atoms with Crippen LogP contribution >= 0.6 is 11.6 Å². The third-order valence-electron chi connectivity index (χ3n) is 3.12. The highest BCUT2D eigenvalue weighted by atomic mass is 35.5. The van der Waals surface area contributed by atoms with Gasteiger partial charge in [-0.2, -0.15) is 0 Å². The lowest BCUT2D eigenvalue weighted by Crippen LogP contribution is -2.35. The molecule has 0 saturated heterocycles. The molecule has 2 N–H and O–H groups in total. The standard InChI is InChI=1S/C16H25ClN2O2/c1-5-12(4)19-15(20)10-21-16-13(9-18-11(2)3)7-6-8-14(16)17/h6-8,11-12,18H,5,9-10H2,1-4H3,(H,19,20). The Kier molecular flexibility index (Phi) is 7.54. The zero-order valence-corrected chi connectivity index (χ0v) is 14.0. The highest BCUT2D eigenvalue weighted by Crippen LogP contribution is 2.28. The highest BCUT2D eigenvalue weighted by molar-refractivity contribution is 6.32. The molecule has 1 atom stereocenters. The molecule has 0 saturated carbocycles. The second-order valence-electron chi connectivity index (χ2n) is 5.43. The average Bonchev–Trinajstić information content (AvgIpc) is 2.43. The van der Waals surface area contributed by atoms with Crippen LogP contribution < -0.4 is 15.4 Å². The van der Waals surface area contributed by atoms with Crippen LogP contribution in [0.15, 0.2) is 18.2 Å². The first-order chi connectivity index (χ1) is 9.93. The van der Waals surface area contributed by atoms with Crippen molar-refractivity contribution in [3.63, 3.8) is 0 Å². The van der Waals surface area contributed by atoms with Crippen molar-refractivity contribution in [3.8, 4) is 5.75 Å². The molecule has 4 nitrogen and oxygen atoms in total. The van der Waals surface area contributed by atoms with E-state index in [1.54, 1.807) is 6.07 Å². The number of carbonyl (C=O) groups excluding carboxylic acids is 1. The minimum absolute atomic E-state index is 0.0250. The van der Waals surface area contributed by atoms with Crippen LogP contribution in [0.1, 0.15) is 39.7 Å². The zero-order valence-electron chi connectivity index (χ0n) is 13.2. The molecule has 1 aromatic rings. The summed E-state index contributed by atoms with van der Waals surface area (Å²) >= 11 is 6.18. The molecule has 1 amide bonds. The zero-order chi connectivity index (χ0) is 15.8. The van der Waals surface area contributed by atoms with Crippen molar-refractivity contribution in [3.05, 3.63) is 28.8 Å². The van der Waals surface area contributed by atoms with Crippen molar-refractivity contribution >= 4 is 17.5 Å². The van der Waals surface area contributed by atoms with Crippen LogP contribution in [0.5, 0.6) is 5.75 Å². The molecule has 0 radical (unpaired) electrons. The van der Waals surface area contributed by atoms with Gasteiger partial charge >= 0.3 is 0 Å². The Labute approximate surface area is 132 Å². The maximum absolute atomic E-state index is 11.8. The summed E-state index contributed by atoms with van der Waals surface area (Å²) in [7, 11) is 0. The van der Waals surface area contributed by atoms with E-state index in [4.69, 9.17) is 16.3 Å². The summed E-state index contributed by atoms with van der Waals surface area (Å²) < 4.78 is 5.62. The number of hydrogen-bond donors (Lipinski definition) is 2. The lowest BCUT2D eigenvalue weighted by molar-refractivity contribution is -0.123. The molecule has 0 spiro atoms. The second kappa shape index (κ2) is 8.90. The van der Waals surface area contributed by atoms with Crippen LogP contribution in [0.3, 0.4) is 0 Å². The van der Waals surface area contributed by atoms with Gasteiger partial charge in [0.25, 0.3) is 5.91 Å². The molecular formula is C16H25ClN2O2. The van der Waals surface area contributed by atoms with E-state index in [0.717, 1.165) is 12.0 Å². The third kappa shape index (κ3) is 6.36. The summed E-state index contributed by atoms with van der Waals surface area (Å²) in [4.78, 5) is 11.8. The van der Waals surface area contributed by atoms with Crippen LogP contribution in [0.2, 0.25) is 5.02 Å². The Balaban J connectivity index is 2.66. The number of rotatable bonds is 8. The molecule has 0 fully saturated rings. The van der Waals surface area contributed by atoms with Gasteiger partial charge in [0.1, 0.15) is 5.75 Å². The number of carbonyl (C=O) groups is 1. The second-order valence-corrected chi connectivity index (χ2v) is 5.84. The molecule has 1 aromatic carbocycles. The highest BCUT2D eigenvalue weighted by Gasteiger charge is 2.12. The van der Waals surface area contributed by atoms with Gasteiger partial charge in [0.05, 0.1) is 5.02 Å². The van der Waals surface area contributed by atoms with E-state index < -0.39 is 0 Å². The fraction of sp³-hybridized carbons (Fsp3) is 0.562. The first-order valence-corrected chi connectivity index (χ1v) is 7.74. The van der Waals surface area contributed by atoms with Crippen LogP contribution in [0.25, 0.3) is 0 Å². The van der Waals surface area contributed by atoms with E-state index >= 15 is 0 Å². The van der Waals surface area contributed by atoms with E-state index in [2.05, 4.69) is 24.5 Å². The van der Waals surface area contributed by atoms with Crippen molar-refractivity contribution in [2.75, 3.05) is 6.61 Å². The monoisotopic (exact) mass is 312 g/mol. The maximum atomic E-state index is 11.8. The normalized spacial score (nSPS) is 12.3. The SMILES string of the molecule is CCC(C)NC(=O)COc1c(Cl)cccc1CNC(C)C. The van der Waals surface area contributed by atoms with Crippen molar-refractivity contribution in [2.24, 2.45) is 0 Å². The van der Waals surface area contributed by atoms with Crippen LogP contribution in [-0.2, 0) is 11.3 Å². The molecule has 0 aromatic heterocycles. The number of amides is 1. The summed E-state index contributed by atoms with van der Waals surface area (Å²) in [6, 6.07) is 6.11. The summed E-state index contributed by atoms with van der Waals surface area (Å²) in [5, 5.41) is 6.71. The number of hydrogen-bond acceptors (Lipinski definition) is 3. The lowest BCUT2D eigenvalue weighted by atomic mass is 10.2. The molecule has 0 heterocycles. The van der Waals surface area contributed by atoms with Crippen molar-refractivity contribution in [2.45, 2.75) is 52.7 Å². The molecule has 0 aliphatic rings. The van der Waals surface area contributed by atoms with Gasteiger partial charge in [-0.25, -0.2) is 0 Å². The van der Waals surface area contributed by atoms with E-state index in [0.29, 0.717) is 23.4 Å². The van der Waals surface area contributed by atoms with Crippen LogP contribution in [0.4, 0.5) is 0 Å². The fourth-order valence-electron chi connectivity index (χ4n) is 1.72. The average molecular weight is 313 g/mol. The van der Waals surface area contributed by atoms with Gasteiger partial charge < -0.3 is 15.4 Å². The summed E-state index contributed by atoms with van der Waals surface area (Å²) in [6.45, 7) is 8.76. The van der Waals surface area contributed by atoms with Gasteiger partial charge in [-0.3, -0.25) is 4.79 Å². The number of para-hydroxylation sites is 1. The molecule has 0 bridgehead atoms. The first kappa shape index (κ1) is 17.8. The van der Waals surface area contributed by atoms with Gasteiger partial charge in [-0.1, -0.05) is 44.5 Å². The molecule has 21 heavy (non-hydrogen) atoms. The number of ether oxygens (including phenoxy) is 1. The van der Waals surface area contributed by atoms with Gasteiger partial charge in [0.2, 0.25) is 0 Å². The van der Waals surface area contributed by atoms with Gasteiger partial charge in [0.15, 0.2) is 6.61 Å². The Morgan fingerprint density at radius 3 is 2.67 bits per heavy atom. The van der Waals surface area contributed by atoms with Crippen molar-refractivity contribution in [1.29, 1.82) is 0 Å². The molecule has 5 heteroatoms. The first-order valence-electron chi connectivity index (χ1n) is 7.37. The maximum Gasteiger partial charge on any atom is 0.258 e. The number of halogens is 1. The summed E-state index contributed by atoms with van der Waals surface area (Å²) in [6.07, 6.45) is 0.890. The Morgan fingerprint density at radius 2 is 2.05 bits per heavy atom. The smallest absolute Gasteiger partial charge is 0.258 e. The Morgan fingerprint density at radius 1 is 1.33 bits per heavy atom. The van der Waals surface area contributed by atoms with Crippen LogP contribution in [0, 0.1) is 0 Å². The van der Waals surface area contributed by atoms with Crippen molar-refractivity contribution < 1.29 is 9.53 Å². The number of benzene rings is 1. The van der Waals surface area contributed by atoms with E-state index in [1.165, 1.54) is 0 Å². The van der Waals surface area contributed by atoms with Gasteiger partial charge in [0, 0.05) is 24.2 Å². The largest absolute Gasteiger partial charge is 0.482 e. The molecule has 1 rings (SSSR count). The molecular weight excluding hydrogens is 288 g/mol. The lowest BCUT2D eigenvalue weighted by Gasteiger charge is -2.16. The number of nitrogens with one attached hydrogen (secondary N) is 2. The summed E-state index contributed by atoms with van der Waals surface area (Å²) in [5.74, 6) is 0.443. The van der Waals surface area contributed by atoms with Crippen LogP contribution in [-0.4, -0.2) is 24.6 Å². The minimum atomic E-state index is -0.132.